The highest BCUT2D eigenvalue weighted by atomic mass is 16.5. The number of hydrogen-bond acceptors (Lipinski definition) is 4. The molecule has 0 bridgehead atoms. The quantitative estimate of drug-likeness (QED) is 0.639. The number of esters is 1. The van der Waals surface area contributed by atoms with E-state index >= 15 is 0 Å². The summed E-state index contributed by atoms with van der Waals surface area (Å²) in [7, 11) is 1.26. The number of nitrogens with one attached hydrogen (secondary N) is 1. The molecule has 1 N–H and O–H groups in total. The molecule has 0 heterocycles. The molecular weight excluding hydrogens is 222 g/mol. The molecule has 0 saturated heterocycles. The normalized spacial score (nSPS) is 9.94. The lowest BCUT2D eigenvalue weighted by molar-refractivity contribution is -0.133. The first-order valence-corrected chi connectivity index (χ1v) is 4.97. The third-order valence-electron chi connectivity index (χ3n) is 1.76. The first-order chi connectivity index (χ1) is 8.22. The van der Waals surface area contributed by atoms with Crippen molar-refractivity contribution >= 4 is 12.1 Å². The van der Waals surface area contributed by atoms with Gasteiger partial charge in [-0.05, 0) is 12.1 Å². The lowest BCUT2D eigenvalue weighted by atomic mass is 10.3. The maximum Gasteiger partial charge on any atom is 0.410 e. The van der Waals surface area contributed by atoms with Crippen LogP contribution in [0, 0.1) is 0 Å². The van der Waals surface area contributed by atoms with E-state index < -0.39 is 12.1 Å². The van der Waals surface area contributed by atoms with Gasteiger partial charge in [0.05, 0.1) is 13.5 Å². The van der Waals surface area contributed by atoms with Gasteiger partial charge in [-0.3, -0.25) is 10.1 Å². The Labute approximate surface area is 99.0 Å². The van der Waals surface area contributed by atoms with Gasteiger partial charge in [-0.25, -0.2) is 4.79 Å². The Morgan fingerprint density at radius 1 is 1.29 bits per heavy atom. The number of carbonyl (C=O) groups excluding carboxylic acids is 2. The maximum absolute atomic E-state index is 11.3. The summed E-state index contributed by atoms with van der Waals surface area (Å²) in [5.41, 5.74) is 0. The van der Waals surface area contributed by atoms with Crippen molar-refractivity contribution in [2.75, 3.05) is 7.11 Å². The number of alkyl carbamates (subject to hydrolysis) is 1. The van der Waals surface area contributed by atoms with E-state index in [-0.39, 0.29) is 6.42 Å². The molecule has 90 valence electrons. The van der Waals surface area contributed by atoms with E-state index in [9.17, 15) is 9.59 Å². The number of hydrogen-bond donors (Lipinski definition) is 1. The Balaban J connectivity index is 2.29. The van der Waals surface area contributed by atoms with Crippen LogP contribution in [0.1, 0.15) is 6.42 Å². The summed E-state index contributed by atoms with van der Waals surface area (Å²) in [6, 6.07) is 8.76. The summed E-state index contributed by atoms with van der Waals surface area (Å²) in [6.45, 7) is 0. The van der Waals surface area contributed by atoms with Gasteiger partial charge in [0.15, 0.2) is 0 Å². The van der Waals surface area contributed by atoms with Gasteiger partial charge in [0, 0.05) is 6.20 Å². The topological polar surface area (TPSA) is 64.6 Å². The minimum absolute atomic E-state index is 0.0683. The smallest absolute Gasteiger partial charge is 0.410 e. The average Bonchev–Trinajstić information content (AvgIpc) is 2.35. The molecule has 1 amide bonds. The maximum atomic E-state index is 11.3. The number of amides is 1. The van der Waals surface area contributed by atoms with Crippen LogP contribution in [0.5, 0.6) is 5.75 Å². The predicted molar refractivity (Wildman–Crippen MR) is 61.4 cm³/mol. The Bertz CT molecular complexity index is 400. The monoisotopic (exact) mass is 235 g/mol. The molecule has 0 aliphatic rings. The lowest BCUT2D eigenvalue weighted by Gasteiger charge is -2.01. The van der Waals surface area contributed by atoms with Gasteiger partial charge in [-0.2, -0.15) is 0 Å². The van der Waals surface area contributed by atoms with Crippen molar-refractivity contribution in [1.29, 1.82) is 0 Å². The molecule has 1 aromatic rings. The van der Waals surface area contributed by atoms with E-state index in [0.29, 0.717) is 5.75 Å². The molecule has 5 nitrogen and oxygen atoms in total. The van der Waals surface area contributed by atoms with Crippen molar-refractivity contribution in [3.63, 3.8) is 0 Å². The molecule has 0 fully saturated rings. The zero-order chi connectivity index (χ0) is 12.5. The fraction of sp³-hybridized carbons (Fsp3) is 0.167. The fourth-order valence-corrected chi connectivity index (χ4v) is 1.00. The molecule has 0 atom stereocenters. The van der Waals surface area contributed by atoms with E-state index in [2.05, 4.69) is 10.1 Å². The highest BCUT2D eigenvalue weighted by molar-refractivity contribution is 5.74. The number of para-hydroxylation sites is 1. The van der Waals surface area contributed by atoms with Gasteiger partial charge in [0.25, 0.3) is 0 Å². The van der Waals surface area contributed by atoms with Crippen LogP contribution in [-0.2, 0) is 9.53 Å². The van der Waals surface area contributed by atoms with Gasteiger partial charge in [-0.1, -0.05) is 24.3 Å². The summed E-state index contributed by atoms with van der Waals surface area (Å²) in [5.74, 6) is 0.0888. The largest absolute Gasteiger partial charge is 0.453 e. The Morgan fingerprint density at radius 3 is 2.65 bits per heavy atom. The summed E-state index contributed by atoms with van der Waals surface area (Å²) < 4.78 is 9.35. The molecular formula is C12H13NO4. The van der Waals surface area contributed by atoms with Crippen molar-refractivity contribution in [3.8, 4) is 5.75 Å². The number of rotatable bonds is 4. The minimum atomic E-state index is -0.585. The van der Waals surface area contributed by atoms with Crippen LogP contribution in [0.25, 0.3) is 0 Å². The molecule has 5 heteroatoms. The van der Waals surface area contributed by atoms with E-state index in [4.69, 9.17) is 4.74 Å². The molecule has 1 aromatic carbocycles. The van der Waals surface area contributed by atoms with Gasteiger partial charge >= 0.3 is 12.1 Å². The van der Waals surface area contributed by atoms with E-state index in [0.717, 1.165) is 0 Å². The average molecular weight is 235 g/mol. The predicted octanol–water partition coefficient (Wildman–Crippen LogP) is 1.85. The molecule has 17 heavy (non-hydrogen) atoms. The number of carbonyl (C=O) groups is 2. The number of ether oxygens (including phenoxy) is 2. The second-order valence-electron chi connectivity index (χ2n) is 3.03. The molecule has 0 aliphatic heterocycles. The van der Waals surface area contributed by atoms with E-state index in [1.807, 2.05) is 6.07 Å². The van der Waals surface area contributed by atoms with Crippen molar-refractivity contribution in [1.82, 2.24) is 5.32 Å². The summed E-state index contributed by atoms with van der Waals surface area (Å²) >= 11 is 0. The van der Waals surface area contributed by atoms with Crippen LogP contribution in [0.15, 0.2) is 42.6 Å². The SMILES string of the molecule is COC(=O)N/C=C/CC(=O)Oc1ccccc1. The second kappa shape index (κ2) is 7.05. The van der Waals surface area contributed by atoms with E-state index in [1.54, 1.807) is 24.3 Å². The molecule has 0 aliphatic carbocycles. The first kappa shape index (κ1) is 12.8. The van der Waals surface area contributed by atoms with Crippen LogP contribution in [0.4, 0.5) is 4.79 Å². The molecule has 1 rings (SSSR count). The summed E-state index contributed by atoms with van der Waals surface area (Å²) in [5, 5.41) is 2.30. The van der Waals surface area contributed by atoms with Crippen LogP contribution >= 0.6 is 0 Å². The minimum Gasteiger partial charge on any atom is -0.453 e. The highest BCUT2D eigenvalue weighted by Crippen LogP contribution is 2.09. The summed E-state index contributed by atoms with van der Waals surface area (Å²) in [4.78, 5) is 22.0. The molecule has 0 saturated carbocycles. The van der Waals surface area contributed by atoms with E-state index in [1.165, 1.54) is 19.4 Å². The van der Waals surface area contributed by atoms with Crippen molar-refractivity contribution in [2.24, 2.45) is 0 Å². The van der Waals surface area contributed by atoms with Gasteiger partial charge in [0.2, 0.25) is 0 Å². The van der Waals surface area contributed by atoms with Gasteiger partial charge in [-0.15, -0.1) is 0 Å². The van der Waals surface area contributed by atoms with Crippen LogP contribution in [0.2, 0.25) is 0 Å². The second-order valence-corrected chi connectivity index (χ2v) is 3.03. The summed E-state index contributed by atoms with van der Waals surface area (Å²) in [6.07, 6.45) is 2.29. The molecule has 0 aromatic heterocycles. The molecule has 0 unspecified atom stereocenters. The third kappa shape index (κ3) is 5.36. The zero-order valence-corrected chi connectivity index (χ0v) is 9.38. The fourth-order valence-electron chi connectivity index (χ4n) is 1.00. The van der Waals surface area contributed by atoms with Crippen molar-refractivity contribution < 1.29 is 19.1 Å². The number of benzene rings is 1. The third-order valence-corrected chi connectivity index (χ3v) is 1.76. The van der Waals surface area contributed by atoms with Crippen LogP contribution < -0.4 is 10.1 Å². The highest BCUT2D eigenvalue weighted by Gasteiger charge is 2.01. The molecule has 0 radical (unpaired) electrons. The van der Waals surface area contributed by atoms with Crippen molar-refractivity contribution in [2.45, 2.75) is 6.42 Å². The van der Waals surface area contributed by atoms with Crippen LogP contribution in [-0.4, -0.2) is 19.2 Å². The van der Waals surface area contributed by atoms with Crippen molar-refractivity contribution in [3.05, 3.63) is 42.6 Å². The Morgan fingerprint density at radius 2 is 2.00 bits per heavy atom. The first-order valence-electron chi connectivity index (χ1n) is 4.97. The zero-order valence-electron chi connectivity index (χ0n) is 9.38. The van der Waals surface area contributed by atoms with Gasteiger partial charge in [0.1, 0.15) is 5.75 Å². The lowest BCUT2D eigenvalue weighted by Crippen LogP contribution is -2.16. The number of methoxy groups -OCH3 is 1. The van der Waals surface area contributed by atoms with Gasteiger partial charge < -0.3 is 9.47 Å². The van der Waals surface area contributed by atoms with Crippen LogP contribution in [0.3, 0.4) is 0 Å². The Hall–Kier alpha value is -2.30. The Kier molecular flexibility index (Phi) is 5.30. The standard InChI is InChI=1S/C12H13NO4/c1-16-12(15)13-9-5-8-11(14)17-10-6-3-2-4-7-10/h2-7,9H,8H2,1H3,(H,13,15)/b9-5+. The molecule has 0 spiro atoms.